The van der Waals surface area contributed by atoms with Crippen molar-refractivity contribution in [2.24, 2.45) is 5.92 Å². The number of amides is 1. The maximum atomic E-state index is 12.6. The van der Waals surface area contributed by atoms with Crippen molar-refractivity contribution >= 4 is 23.2 Å². The average Bonchev–Trinajstić information content (AvgIpc) is 2.36. The summed E-state index contributed by atoms with van der Waals surface area (Å²) < 4.78 is 0. The lowest BCUT2D eigenvalue weighted by atomic mass is 10.1. The van der Waals surface area contributed by atoms with Gasteiger partial charge in [0, 0.05) is 19.6 Å². The van der Waals surface area contributed by atoms with Crippen LogP contribution in [0.25, 0.3) is 0 Å². The fourth-order valence-corrected chi connectivity index (χ4v) is 2.01. The summed E-state index contributed by atoms with van der Waals surface area (Å²) in [5, 5.41) is 0.197. The Bertz CT molecular complexity index is 462. The third-order valence-corrected chi connectivity index (χ3v) is 3.08. The van der Waals surface area contributed by atoms with Crippen LogP contribution in [-0.4, -0.2) is 54.4 Å². The van der Waals surface area contributed by atoms with Crippen LogP contribution in [0, 0.1) is 5.92 Å². The molecule has 0 spiro atoms. The zero-order valence-corrected chi connectivity index (χ0v) is 13.3. The number of carbonyl (C=O) groups excluding carboxylic acids is 1. The number of carbonyl (C=O) groups is 1. The molecule has 0 bridgehead atoms. The fraction of sp³-hybridized carbons (Fsp3) is 0.571. The number of nitrogens with zero attached hydrogens (tertiary/aromatic N) is 3. The van der Waals surface area contributed by atoms with Gasteiger partial charge in [-0.15, -0.1) is 0 Å². The number of halogens is 1. The lowest BCUT2D eigenvalue weighted by molar-refractivity contribution is 0.0724. The van der Waals surface area contributed by atoms with Crippen LogP contribution in [0.1, 0.15) is 24.2 Å². The van der Waals surface area contributed by atoms with Crippen LogP contribution in [0.2, 0.25) is 5.15 Å². The van der Waals surface area contributed by atoms with E-state index in [2.05, 4.69) is 18.8 Å². The van der Waals surface area contributed by atoms with E-state index in [4.69, 9.17) is 17.3 Å². The van der Waals surface area contributed by atoms with E-state index < -0.39 is 0 Å². The van der Waals surface area contributed by atoms with Gasteiger partial charge in [-0.05, 0) is 26.1 Å². The Morgan fingerprint density at radius 3 is 2.60 bits per heavy atom. The summed E-state index contributed by atoms with van der Waals surface area (Å²) in [5.41, 5.74) is 6.50. The van der Waals surface area contributed by atoms with Crippen LogP contribution in [-0.2, 0) is 0 Å². The highest BCUT2D eigenvalue weighted by atomic mass is 35.5. The van der Waals surface area contributed by atoms with Gasteiger partial charge < -0.3 is 15.5 Å². The van der Waals surface area contributed by atoms with Crippen molar-refractivity contribution in [3.8, 4) is 0 Å². The monoisotopic (exact) mass is 298 g/mol. The summed E-state index contributed by atoms with van der Waals surface area (Å²) in [4.78, 5) is 20.4. The Hall–Kier alpha value is -1.33. The van der Waals surface area contributed by atoms with Crippen molar-refractivity contribution in [2.75, 3.05) is 39.5 Å². The molecule has 0 aliphatic carbocycles. The Labute approximate surface area is 125 Å². The van der Waals surface area contributed by atoms with E-state index in [0.717, 1.165) is 6.54 Å². The van der Waals surface area contributed by atoms with Crippen LogP contribution in [0.15, 0.2) is 12.3 Å². The molecule has 1 heterocycles. The maximum absolute atomic E-state index is 12.6. The minimum absolute atomic E-state index is 0.120. The predicted octanol–water partition coefficient (Wildman–Crippen LogP) is 1.98. The SMILES string of the molecule is CC(C)CN(CCN(C)C)C(=O)c1cc(N)cnc1Cl. The number of hydrogen-bond acceptors (Lipinski definition) is 4. The van der Waals surface area contributed by atoms with E-state index in [0.29, 0.717) is 30.3 Å². The summed E-state index contributed by atoms with van der Waals surface area (Å²) in [7, 11) is 3.96. The highest BCUT2D eigenvalue weighted by molar-refractivity contribution is 6.32. The molecule has 112 valence electrons. The average molecular weight is 299 g/mol. The molecule has 0 fully saturated rings. The molecule has 0 atom stereocenters. The number of nitrogen functional groups attached to an aromatic ring is 1. The van der Waals surface area contributed by atoms with E-state index in [1.807, 2.05) is 19.0 Å². The number of anilines is 1. The molecular weight excluding hydrogens is 276 g/mol. The van der Waals surface area contributed by atoms with E-state index in [9.17, 15) is 4.79 Å². The molecule has 0 aromatic carbocycles. The maximum Gasteiger partial charge on any atom is 0.257 e. The molecule has 0 radical (unpaired) electrons. The second-order valence-electron chi connectivity index (χ2n) is 5.56. The number of hydrogen-bond donors (Lipinski definition) is 1. The Morgan fingerprint density at radius 1 is 1.40 bits per heavy atom. The van der Waals surface area contributed by atoms with Gasteiger partial charge in [0.2, 0.25) is 0 Å². The minimum atomic E-state index is -0.120. The quantitative estimate of drug-likeness (QED) is 0.816. The van der Waals surface area contributed by atoms with Crippen LogP contribution in [0.5, 0.6) is 0 Å². The molecule has 5 nitrogen and oxygen atoms in total. The molecule has 0 saturated heterocycles. The smallest absolute Gasteiger partial charge is 0.257 e. The van der Waals surface area contributed by atoms with Gasteiger partial charge in [-0.3, -0.25) is 4.79 Å². The summed E-state index contributed by atoms with van der Waals surface area (Å²) in [6.07, 6.45) is 1.45. The normalized spacial score (nSPS) is 11.2. The van der Waals surface area contributed by atoms with Crippen molar-refractivity contribution in [1.29, 1.82) is 0 Å². The van der Waals surface area contributed by atoms with Crippen LogP contribution >= 0.6 is 11.6 Å². The predicted molar refractivity (Wildman–Crippen MR) is 83.0 cm³/mol. The summed E-state index contributed by atoms with van der Waals surface area (Å²) in [6.45, 7) is 6.28. The molecule has 1 rings (SSSR count). The van der Waals surface area contributed by atoms with E-state index in [-0.39, 0.29) is 11.1 Å². The Balaban J connectivity index is 2.93. The van der Waals surface area contributed by atoms with Crippen molar-refractivity contribution in [2.45, 2.75) is 13.8 Å². The second kappa shape index (κ2) is 7.45. The summed E-state index contributed by atoms with van der Waals surface area (Å²) >= 11 is 6.01. The number of pyridine rings is 1. The van der Waals surface area contributed by atoms with Gasteiger partial charge in [0.1, 0.15) is 5.15 Å². The van der Waals surface area contributed by atoms with E-state index in [1.165, 1.54) is 6.20 Å². The molecule has 0 aliphatic rings. The van der Waals surface area contributed by atoms with Gasteiger partial charge in [-0.1, -0.05) is 25.4 Å². The van der Waals surface area contributed by atoms with Crippen LogP contribution in [0.4, 0.5) is 5.69 Å². The minimum Gasteiger partial charge on any atom is -0.397 e. The van der Waals surface area contributed by atoms with Crippen molar-refractivity contribution in [3.63, 3.8) is 0 Å². The zero-order valence-electron chi connectivity index (χ0n) is 12.6. The lowest BCUT2D eigenvalue weighted by Crippen LogP contribution is -2.39. The van der Waals surface area contributed by atoms with Crippen LogP contribution in [0.3, 0.4) is 0 Å². The topological polar surface area (TPSA) is 62.5 Å². The van der Waals surface area contributed by atoms with E-state index >= 15 is 0 Å². The zero-order chi connectivity index (χ0) is 15.3. The lowest BCUT2D eigenvalue weighted by Gasteiger charge is -2.26. The third-order valence-electron chi connectivity index (χ3n) is 2.78. The summed E-state index contributed by atoms with van der Waals surface area (Å²) in [6, 6.07) is 1.58. The first-order valence-electron chi connectivity index (χ1n) is 6.66. The largest absolute Gasteiger partial charge is 0.397 e. The Kier molecular flexibility index (Phi) is 6.23. The Morgan fingerprint density at radius 2 is 2.05 bits per heavy atom. The standard InChI is InChI=1S/C14H23ClN4O/c1-10(2)9-19(6-5-18(3)4)14(20)12-7-11(16)8-17-13(12)15/h7-8,10H,5-6,9,16H2,1-4H3. The highest BCUT2D eigenvalue weighted by Gasteiger charge is 2.20. The fourth-order valence-electron chi connectivity index (χ4n) is 1.82. The molecular formula is C14H23ClN4O. The van der Waals surface area contributed by atoms with E-state index in [1.54, 1.807) is 11.0 Å². The van der Waals surface area contributed by atoms with Gasteiger partial charge in [-0.25, -0.2) is 4.98 Å². The molecule has 6 heteroatoms. The first-order chi connectivity index (χ1) is 9.31. The number of rotatable bonds is 6. The molecule has 1 aromatic heterocycles. The van der Waals surface area contributed by atoms with Crippen molar-refractivity contribution in [1.82, 2.24) is 14.8 Å². The van der Waals surface area contributed by atoms with Gasteiger partial charge >= 0.3 is 0 Å². The van der Waals surface area contributed by atoms with Gasteiger partial charge in [-0.2, -0.15) is 0 Å². The molecule has 1 aromatic rings. The molecule has 2 N–H and O–H groups in total. The number of aromatic nitrogens is 1. The highest BCUT2D eigenvalue weighted by Crippen LogP contribution is 2.18. The molecule has 0 unspecified atom stereocenters. The first kappa shape index (κ1) is 16.7. The van der Waals surface area contributed by atoms with Gasteiger partial charge in [0.15, 0.2) is 0 Å². The number of likely N-dealkylation sites (N-methyl/N-ethyl adjacent to an activating group) is 1. The van der Waals surface area contributed by atoms with Crippen molar-refractivity contribution in [3.05, 3.63) is 23.0 Å². The van der Waals surface area contributed by atoms with Crippen LogP contribution < -0.4 is 5.73 Å². The molecule has 1 amide bonds. The molecule has 20 heavy (non-hydrogen) atoms. The first-order valence-corrected chi connectivity index (χ1v) is 7.04. The van der Waals surface area contributed by atoms with Gasteiger partial charge in [0.25, 0.3) is 5.91 Å². The molecule has 0 aliphatic heterocycles. The number of nitrogens with two attached hydrogens (primary N) is 1. The third kappa shape index (κ3) is 4.98. The van der Waals surface area contributed by atoms with Gasteiger partial charge in [0.05, 0.1) is 17.4 Å². The molecule has 0 saturated carbocycles. The second-order valence-corrected chi connectivity index (χ2v) is 5.91. The van der Waals surface area contributed by atoms with Crippen molar-refractivity contribution < 1.29 is 4.79 Å². The summed E-state index contributed by atoms with van der Waals surface area (Å²) in [5.74, 6) is 0.263.